The fraction of sp³-hybridized carbons (Fsp3) is 0.500. The van der Waals surface area contributed by atoms with Crippen molar-refractivity contribution in [3.63, 3.8) is 0 Å². The first-order valence-corrected chi connectivity index (χ1v) is 6.89. The molecule has 0 aromatic heterocycles. The van der Waals surface area contributed by atoms with Gasteiger partial charge >= 0.3 is 0 Å². The molecule has 0 N–H and O–H groups in total. The summed E-state index contributed by atoms with van der Waals surface area (Å²) >= 11 is 14.1. The first kappa shape index (κ1) is 11.6. The standard InChI is InChI=1S/C12H14Cl2S/c1-12(14,9-2-3-9)8-15-11-6-4-10(13)5-7-11/h4-7,9H,2-3,8H2,1H3. The Labute approximate surface area is 105 Å². The van der Waals surface area contributed by atoms with Gasteiger partial charge in [-0.05, 0) is 49.9 Å². The van der Waals surface area contributed by atoms with Crippen LogP contribution in [0, 0.1) is 5.92 Å². The van der Waals surface area contributed by atoms with E-state index in [1.165, 1.54) is 17.7 Å². The number of benzene rings is 1. The van der Waals surface area contributed by atoms with E-state index >= 15 is 0 Å². The van der Waals surface area contributed by atoms with Crippen molar-refractivity contribution in [1.29, 1.82) is 0 Å². The zero-order valence-corrected chi connectivity index (χ0v) is 11.0. The van der Waals surface area contributed by atoms with Gasteiger partial charge in [0.15, 0.2) is 0 Å². The maximum absolute atomic E-state index is 6.47. The van der Waals surface area contributed by atoms with Gasteiger partial charge in [-0.1, -0.05) is 11.6 Å². The van der Waals surface area contributed by atoms with Gasteiger partial charge < -0.3 is 0 Å². The fourth-order valence-corrected chi connectivity index (χ4v) is 3.08. The smallest absolute Gasteiger partial charge is 0.0540 e. The van der Waals surface area contributed by atoms with Gasteiger partial charge in [0.25, 0.3) is 0 Å². The molecule has 0 aliphatic heterocycles. The largest absolute Gasteiger partial charge is 0.124 e. The molecule has 0 spiro atoms. The topological polar surface area (TPSA) is 0 Å². The number of hydrogen-bond acceptors (Lipinski definition) is 1. The van der Waals surface area contributed by atoms with E-state index in [4.69, 9.17) is 23.2 Å². The van der Waals surface area contributed by atoms with E-state index in [0.717, 1.165) is 16.7 Å². The van der Waals surface area contributed by atoms with Crippen molar-refractivity contribution in [2.45, 2.75) is 29.5 Å². The van der Waals surface area contributed by atoms with Crippen LogP contribution in [0.25, 0.3) is 0 Å². The minimum Gasteiger partial charge on any atom is -0.124 e. The highest BCUT2D eigenvalue weighted by Crippen LogP contribution is 2.46. The summed E-state index contributed by atoms with van der Waals surface area (Å²) in [5.74, 6) is 1.69. The molecule has 1 saturated carbocycles. The van der Waals surface area contributed by atoms with Crippen molar-refractivity contribution in [3.05, 3.63) is 29.3 Å². The average molecular weight is 261 g/mol. The molecule has 82 valence electrons. The first-order valence-electron chi connectivity index (χ1n) is 5.15. The van der Waals surface area contributed by atoms with E-state index in [0.29, 0.717) is 0 Å². The highest BCUT2D eigenvalue weighted by atomic mass is 35.5. The van der Waals surface area contributed by atoms with Crippen molar-refractivity contribution in [3.8, 4) is 0 Å². The molecule has 1 unspecified atom stereocenters. The van der Waals surface area contributed by atoms with Gasteiger partial charge in [-0.25, -0.2) is 0 Å². The zero-order chi connectivity index (χ0) is 10.9. The zero-order valence-electron chi connectivity index (χ0n) is 8.67. The summed E-state index contributed by atoms with van der Waals surface area (Å²) in [6, 6.07) is 7.94. The van der Waals surface area contributed by atoms with Gasteiger partial charge in [-0.3, -0.25) is 0 Å². The summed E-state index contributed by atoms with van der Waals surface area (Å²) in [5.41, 5.74) is 0. The van der Waals surface area contributed by atoms with Gasteiger partial charge in [-0.2, -0.15) is 0 Å². The Morgan fingerprint density at radius 1 is 1.33 bits per heavy atom. The summed E-state index contributed by atoms with van der Waals surface area (Å²) in [5, 5.41) is 0.787. The molecular weight excluding hydrogens is 247 g/mol. The van der Waals surface area contributed by atoms with Crippen LogP contribution >= 0.6 is 35.0 Å². The van der Waals surface area contributed by atoms with Crippen LogP contribution in [-0.2, 0) is 0 Å². The second-order valence-electron chi connectivity index (χ2n) is 4.29. The quantitative estimate of drug-likeness (QED) is 0.552. The molecule has 1 aromatic carbocycles. The Morgan fingerprint density at radius 2 is 1.93 bits per heavy atom. The Morgan fingerprint density at radius 3 is 2.47 bits per heavy atom. The monoisotopic (exact) mass is 260 g/mol. The molecule has 1 fully saturated rings. The van der Waals surface area contributed by atoms with E-state index in [1.54, 1.807) is 0 Å². The number of thioether (sulfide) groups is 1. The maximum atomic E-state index is 6.47. The van der Waals surface area contributed by atoms with Crippen LogP contribution in [0.3, 0.4) is 0 Å². The highest BCUT2D eigenvalue weighted by Gasteiger charge is 2.39. The molecule has 0 saturated heterocycles. The predicted octanol–water partition coefficient (Wildman–Crippen LogP) is 4.84. The van der Waals surface area contributed by atoms with Crippen LogP contribution in [-0.4, -0.2) is 10.6 Å². The second kappa shape index (κ2) is 4.57. The summed E-state index contributed by atoms with van der Waals surface area (Å²) in [4.78, 5) is 1.21. The SMILES string of the molecule is CC(Cl)(CSc1ccc(Cl)cc1)C1CC1. The van der Waals surface area contributed by atoms with Crippen molar-refractivity contribution in [2.24, 2.45) is 5.92 Å². The molecule has 1 aliphatic carbocycles. The van der Waals surface area contributed by atoms with E-state index in [1.807, 2.05) is 36.0 Å². The van der Waals surface area contributed by atoms with Crippen LogP contribution in [0.5, 0.6) is 0 Å². The van der Waals surface area contributed by atoms with E-state index in [-0.39, 0.29) is 4.87 Å². The minimum atomic E-state index is -0.0374. The minimum absolute atomic E-state index is 0.0374. The average Bonchev–Trinajstić information content (AvgIpc) is 3.00. The normalized spacial score (nSPS) is 19.9. The van der Waals surface area contributed by atoms with Crippen LogP contribution in [0.1, 0.15) is 19.8 Å². The Balaban J connectivity index is 1.89. The predicted molar refractivity (Wildman–Crippen MR) is 69.2 cm³/mol. The number of alkyl halides is 1. The Hall–Kier alpha value is 0.150. The van der Waals surface area contributed by atoms with Gasteiger partial charge in [0.1, 0.15) is 0 Å². The van der Waals surface area contributed by atoms with Crippen LogP contribution in [0.2, 0.25) is 5.02 Å². The molecule has 0 heterocycles. The van der Waals surface area contributed by atoms with Crippen molar-refractivity contribution in [2.75, 3.05) is 5.75 Å². The third kappa shape index (κ3) is 3.30. The lowest BCUT2D eigenvalue weighted by Crippen LogP contribution is -2.22. The van der Waals surface area contributed by atoms with E-state index in [2.05, 4.69) is 6.92 Å². The summed E-state index contributed by atoms with van der Waals surface area (Å²) in [6.07, 6.45) is 2.59. The summed E-state index contributed by atoms with van der Waals surface area (Å²) in [7, 11) is 0. The highest BCUT2D eigenvalue weighted by molar-refractivity contribution is 7.99. The van der Waals surface area contributed by atoms with Crippen LogP contribution < -0.4 is 0 Å². The molecule has 0 nitrogen and oxygen atoms in total. The molecule has 1 aromatic rings. The van der Waals surface area contributed by atoms with E-state index < -0.39 is 0 Å². The van der Waals surface area contributed by atoms with Crippen LogP contribution in [0.4, 0.5) is 0 Å². The Bertz CT molecular complexity index is 328. The lowest BCUT2D eigenvalue weighted by Gasteiger charge is -2.20. The fourth-order valence-electron chi connectivity index (χ4n) is 1.56. The molecule has 15 heavy (non-hydrogen) atoms. The molecule has 3 heteroatoms. The van der Waals surface area contributed by atoms with Gasteiger partial charge in [0.05, 0.1) is 4.87 Å². The van der Waals surface area contributed by atoms with Crippen molar-refractivity contribution in [1.82, 2.24) is 0 Å². The second-order valence-corrected chi connectivity index (χ2v) is 6.64. The molecule has 2 rings (SSSR count). The van der Waals surface area contributed by atoms with Gasteiger partial charge in [0.2, 0.25) is 0 Å². The summed E-state index contributed by atoms with van der Waals surface area (Å²) < 4.78 is 0. The molecule has 0 radical (unpaired) electrons. The van der Waals surface area contributed by atoms with Crippen molar-refractivity contribution >= 4 is 35.0 Å². The van der Waals surface area contributed by atoms with Crippen molar-refractivity contribution < 1.29 is 0 Å². The maximum Gasteiger partial charge on any atom is 0.0540 e. The molecule has 0 amide bonds. The number of hydrogen-bond donors (Lipinski definition) is 0. The molecule has 1 atom stereocenters. The third-order valence-electron chi connectivity index (χ3n) is 2.76. The molecular formula is C12H14Cl2S. The van der Waals surface area contributed by atoms with E-state index in [9.17, 15) is 0 Å². The number of rotatable bonds is 4. The molecule has 0 bridgehead atoms. The van der Waals surface area contributed by atoms with Crippen LogP contribution in [0.15, 0.2) is 29.2 Å². The van der Waals surface area contributed by atoms with Gasteiger partial charge in [0, 0.05) is 15.7 Å². The lowest BCUT2D eigenvalue weighted by atomic mass is 10.1. The first-order chi connectivity index (χ1) is 7.08. The third-order valence-corrected chi connectivity index (χ3v) is 4.97. The summed E-state index contributed by atoms with van der Waals surface area (Å²) in [6.45, 7) is 2.15. The number of halogens is 2. The lowest BCUT2D eigenvalue weighted by molar-refractivity contribution is 0.617. The van der Waals surface area contributed by atoms with Gasteiger partial charge in [-0.15, -0.1) is 23.4 Å². The molecule has 1 aliphatic rings. The Kier molecular flexibility index (Phi) is 3.54.